The molecule has 19 heavy (non-hydrogen) atoms. The summed E-state index contributed by atoms with van der Waals surface area (Å²) < 4.78 is 0. The molecule has 1 aliphatic rings. The van der Waals surface area contributed by atoms with Crippen LogP contribution >= 0.6 is 23.4 Å². The molecule has 1 heterocycles. The molecule has 1 aromatic carbocycles. The zero-order valence-electron chi connectivity index (χ0n) is 11.7. The van der Waals surface area contributed by atoms with Gasteiger partial charge >= 0.3 is 0 Å². The van der Waals surface area contributed by atoms with Crippen LogP contribution in [0.1, 0.15) is 24.9 Å². The Morgan fingerprint density at radius 3 is 3.05 bits per heavy atom. The average molecular weight is 299 g/mol. The van der Waals surface area contributed by atoms with Crippen LogP contribution in [0.5, 0.6) is 0 Å². The Morgan fingerprint density at radius 1 is 1.53 bits per heavy atom. The molecule has 0 aromatic heterocycles. The Kier molecular flexibility index (Phi) is 6.02. The van der Waals surface area contributed by atoms with E-state index in [4.69, 9.17) is 11.6 Å². The molecule has 0 saturated carbocycles. The second-order valence-electron chi connectivity index (χ2n) is 5.17. The van der Waals surface area contributed by atoms with Crippen LogP contribution in [0.3, 0.4) is 0 Å². The number of thioether (sulfide) groups is 1. The fraction of sp³-hybridized carbons (Fsp3) is 0.600. The topological polar surface area (TPSA) is 15.3 Å². The van der Waals surface area contributed by atoms with Crippen molar-refractivity contribution in [2.75, 3.05) is 32.4 Å². The maximum Gasteiger partial charge on any atom is 0.0409 e. The van der Waals surface area contributed by atoms with Gasteiger partial charge in [-0.3, -0.25) is 0 Å². The highest BCUT2D eigenvalue weighted by Gasteiger charge is 2.18. The quantitative estimate of drug-likeness (QED) is 0.896. The van der Waals surface area contributed by atoms with Crippen LogP contribution in [0.15, 0.2) is 24.3 Å². The first-order valence-electron chi connectivity index (χ1n) is 6.95. The smallest absolute Gasteiger partial charge is 0.0409 e. The monoisotopic (exact) mass is 298 g/mol. The second kappa shape index (κ2) is 7.53. The number of nitrogens with zero attached hydrogens (tertiary/aromatic N) is 1. The van der Waals surface area contributed by atoms with Crippen LogP contribution in [0, 0.1) is 0 Å². The molecule has 1 aliphatic heterocycles. The summed E-state index contributed by atoms with van der Waals surface area (Å²) in [7, 11) is 2.03. The van der Waals surface area contributed by atoms with Gasteiger partial charge in [0.15, 0.2) is 0 Å². The lowest BCUT2D eigenvalue weighted by atomic mass is 10.0. The molecule has 1 aromatic rings. The minimum absolute atomic E-state index is 0.392. The summed E-state index contributed by atoms with van der Waals surface area (Å²) in [5, 5.41) is 5.00. The molecule has 2 rings (SSSR count). The van der Waals surface area contributed by atoms with Gasteiger partial charge in [0.2, 0.25) is 0 Å². The van der Waals surface area contributed by atoms with Gasteiger partial charge < -0.3 is 10.2 Å². The normalized spacial score (nSPS) is 22.4. The van der Waals surface area contributed by atoms with Gasteiger partial charge in [-0.25, -0.2) is 0 Å². The Hall–Kier alpha value is -0.220. The van der Waals surface area contributed by atoms with Gasteiger partial charge in [0, 0.05) is 41.7 Å². The fourth-order valence-electron chi connectivity index (χ4n) is 2.61. The van der Waals surface area contributed by atoms with Gasteiger partial charge in [-0.1, -0.05) is 30.7 Å². The minimum atomic E-state index is 0.392. The number of nitrogens with one attached hydrogen (secondary N) is 1. The van der Waals surface area contributed by atoms with Crippen molar-refractivity contribution in [1.82, 2.24) is 10.2 Å². The van der Waals surface area contributed by atoms with Crippen LogP contribution in [0.2, 0.25) is 5.02 Å². The highest BCUT2D eigenvalue weighted by atomic mass is 35.5. The lowest BCUT2D eigenvalue weighted by molar-refractivity contribution is 0.269. The summed E-state index contributed by atoms with van der Waals surface area (Å²) in [6.45, 7) is 5.92. The Bertz CT molecular complexity index is 399. The van der Waals surface area contributed by atoms with Crippen molar-refractivity contribution in [2.45, 2.75) is 24.6 Å². The average Bonchev–Trinajstić information content (AvgIpc) is 2.40. The molecule has 0 bridgehead atoms. The van der Waals surface area contributed by atoms with E-state index in [1.165, 1.54) is 24.4 Å². The third-order valence-electron chi connectivity index (χ3n) is 3.66. The molecule has 0 spiro atoms. The lowest BCUT2D eigenvalue weighted by Gasteiger charge is -2.31. The van der Waals surface area contributed by atoms with Gasteiger partial charge in [0.05, 0.1) is 0 Å². The first-order chi connectivity index (χ1) is 9.19. The molecular formula is C15H23ClN2S. The number of benzene rings is 1. The zero-order valence-corrected chi connectivity index (χ0v) is 13.3. The molecule has 106 valence electrons. The molecule has 2 nitrogen and oxygen atoms in total. The molecule has 1 N–H and O–H groups in total. The number of hydrogen-bond acceptors (Lipinski definition) is 3. The zero-order chi connectivity index (χ0) is 13.7. The highest BCUT2D eigenvalue weighted by molar-refractivity contribution is 7.99. The predicted molar refractivity (Wildman–Crippen MR) is 86.2 cm³/mol. The maximum absolute atomic E-state index is 6.07. The van der Waals surface area contributed by atoms with Crippen molar-refractivity contribution in [3.63, 3.8) is 0 Å². The summed E-state index contributed by atoms with van der Waals surface area (Å²) in [6, 6.07) is 8.57. The molecule has 1 fully saturated rings. The van der Waals surface area contributed by atoms with E-state index >= 15 is 0 Å². The predicted octanol–water partition coefficient (Wildman–Crippen LogP) is 3.43. The van der Waals surface area contributed by atoms with E-state index in [2.05, 4.69) is 41.0 Å². The molecule has 4 heteroatoms. The minimum Gasteiger partial charge on any atom is -0.313 e. The summed E-state index contributed by atoms with van der Waals surface area (Å²) >= 11 is 8.16. The van der Waals surface area contributed by atoms with Crippen molar-refractivity contribution >= 4 is 23.4 Å². The molecule has 2 atom stereocenters. The third-order valence-corrected chi connectivity index (χ3v) is 5.03. The standard InChI is InChI=1S/C15H23ClN2S/c1-12-11-18(8-9-19-12)7-6-15(17-2)13-4-3-5-14(16)10-13/h3-5,10,12,15,17H,6-9,11H2,1-2H3. The number of rotatable bonds is 5. The van der Waals surface area contributed by atoms with Gasteiger partial charge in [-0.15, -0.1) is 0 Å². The third kappa shape index (κ3) is 4.67. The molecule has 1 saturated heterocycles. The van der Waals surface area contributed by atoms with Gasteiger partial charge in [0.25, 0.3) is 0 Å². The van der Waals surface area contributed by atoms with E-state index in [0.29, 0.717) is 6.04 Å². The maximum atomic E-state index is 6.07. The lowest BCUT2D eigenvalue weighted by Crippen LogP contribution is -2.38. The van der Waals surface area contributed by atoms with E-state index in [-0.39, 0.29) is 0 Å². The second-order valence-corrected chi connectivity index (χ2v) is 7.15. The molecule has 0 aliphatic carbocycles. The van der Waals surface area contributed by atoms with Crippen LogP contribution in [-0.4, -0.2) is 42.6 Å². The largest absolute Gasteiger partial charge is 0.313 e. The first kappa shape index (κ1) is 15.2. The van der Waals surface area contributed by atoms with Gasteiger partial charge in [-0.2, -0.15) is 11.8 Å². The van der Waals surface area contributed by atoms with Crippen LogP contribution in [0.4, 0.5) is 0 Å². The van der Waals surface area contributed by atoms with E-state index in [1.54, 1.807) is 0 Å². The number of halogens is 1. The van der Waals surface area contributed by atoms with E-state index in [9.17, 15) is 0 Å². The Labute approximate surface area is 125 Å². The van der Waals surface area contributed by atoms with Crippen molar-refractivity contribution in [2.24, 2.45) is 0 Å². The summed E-state index contributed by atoms with van der Waals surface area (Å²) in [6.07, 6.45) is 1.13. The van der Waals surface area contributed by atoms with E-state index < -0.39 is 0 Å². The van der Waals surface area contributed by atoms with Crippen molar-refractivity contribution < 1.29 is 0 Å². The van der Waals surface area contributed by atoms with Crippen LogP contribution < -0.4 is 5.32 Å². The summed E-state index contributed by atoms with van der Waals surface area (Å²) in [5.41, 5.74) is 1.29. The van der Waals surface area contributed by atoms with Crippen molar-refractivity contribution in [3.8, 4) is 0 Å². The first-order valence-corrected chi connectivity index (χ1v) is 8.38. The fourth-order valence-corrected chi connectivity index (χ4v) is 3.89. The van der Waals surface area contributed by atoms with E-state index in [1.807, 2.05) is 19.2 Å². The summed E-state index contributed by atoms with van der Waals surface area (Å²) in [4.78, 5) is 2.58. The molecule has 0 amide bonds. The van der Waals surface area contributed by atoms with Gasteiger partial charge in [0.1, 0.15) is 0 Å². The van der Waals surface area contributed by atoms with Crippen LogP contribution in [0.25, 0.3) is 0 Å². The SMILES string of the molecule is CNC(CCN1CCSC(C)C1)c1cccc(Cl)c1. The van der Waals surface area contributed by atoms with Gasteiger partial charge in [-0.05, 0) is 31.2 Å². The van der Waals surface area contributed by atoms with Crippen molar-refractivity contribution in [3.05, 3.63) is 34.9 Å². The van der Waals surface area contributed by atoms with Crippen molar-refractivity contribution in [1.29, 1.82) is 0 Å². The van der Waals surface area contributed by atoms with E-state index in [0.717, 1.165) is 23.2 Å². The molecule has 2 unspecified atom stereocenters. The Morgan fingerprint density at radius 2 is 2.37 bits per heavy atom. The molecular weight excluding hydrogens is 276 g/mol. The molecule has 0 radical (unpaired) electrons. The number of hydrogen-bond donors (Lipinski definition) is 1. The van der Waals surface area contributed by atoms with Crippen LogP contribution in [-0.2, 0) is 0 Å². The Balaban J connectivity index is 1.89. The highest BCUT2D eigenvalue weighted by Crippen LogP contribution is 2.22. The summed E-state index contributed by atoms with van der Waals surface area (Å²) in [5.74, 6) is 1.27.